The van der Waals surface area contributed by atoms with Gasteiger partial charge in [-0.1, -0.05) is 0 Å². The van der Waals surface area contributed by atoms with Crippen LogP contribution in [0.4, 0.5) is 15.8 Å². The molecule has 3 aromatic heterocycles. The van der Waals surface area contributed by atoms with E-state index >= 15 is 4.39 Å². The molecule has 2 aliphatic heterocycles. The van der Waals surface area contributed by atoms with Crippen LogP contribution >= 0.6 is 12.4 Å². The number of halogens is 2. The first-order valence-electron chi connectivity index (χ1n) is 16.0. The molecule has 3 fully saturated rings. The minimum Gasteiger partial charge on any atom is -0.391 e. The number of rotatable bonds is 8. The Kier molecular flexibility index (Phi) is 9.13. The lowest BCUT2D eigenvalue weighted by molar-refractivity contribution is 0.158. The summed E-state index contributed by atoms with van der Waals surface area (Å²) in [7, 11) is 0. The summed E-state index contributed by atoms with van der Waals surface area (Å²) in [5.74, 6) is -0.401. The van der Waals surface area contributed by atoms with Crippen LogP contribution in [0.25, 0.3) is 10.9 Å². The molecule has 1 saturated carbocycles. The van der Waals surface area contributed by atoms with Crippen LogP contribution < -0.4 is 15.2 Å². The molecule has 0 spiro atoms. The van der Waals surface area contributed by atoms with Crippen molar-refractivity contribution in [2.24, 2.45) is 0 Å². The van der Waals surface area contributed by atoms with E-state index in [1.807, 2.05) is 43.4 Å². The topological polar surface area (TPSA) is 77.7 Å². The van der Waals surface area contributed by atoms with Crippen molar-refractivity contribution in [2.75, 3.05) is 36.0 Å². The van der Waals surface area contributed by atoms with Gasteiger partial charge in [0.05, 0.1) is 29.2 Å². The first-order chi connectivity index (χ1) is 21.3. The van der Waals surface area contributed by atoms with E-state index in [9.17, 15) is 9.90 Å². The largest absolute Gasteiger partial charge is 0.391 e. The summed E-state index contributed by atoms with van der Waals surface area (Å²) < 4.78 is 17.8. The number of pyridine rings is 3. The number of fused-ring (bicyclic) bond motifs is 1. The fourth-order valence-electron chi connectivity index (χ4n) is 6.99. The highest BCUT2D eigenvalue weighted by molar-refractivity contribution is 5.85. The fourth-order valence-corrected chi connectivity index (χ4v) is 6.99. The Morgan fingerprint density at radius 1 is 0.956 bits per heavy atom. The van der Waals surface area contributed by atoms with Gasteiger partial charge in [-0.25, -0.2) is 4.39 Å². The van der Waals surface area contributed by atoms with Gasteiger partial charge in [-0.15, -0.1) is 12.4 Å². The number of aryl methyl sites for hydroxylation is 2. The van der Waals surface area contributed by atoms with E-state index < -0.39 is 11.9 Å². The number of benzene rings is 1. The minimum absolute atomic E-state index is 0. The Bertz CT molecular complexity index is 1730. The molecule has 5 heterocycles. The third-order valence-corrected chi connectivity index (χ3v) is 9.51. The maximum atomic E-state index is 15.6. The van der Waals surface area contributed by atoms with Gasteiger partial charge in [0.2, 0.25) is 0 Å². The van der Waals surface area contributed by atoms with E-state index in [1.54, 1.807) is 0 Å². The zero-order valence-electron chi connectivity index (χ0n) is 26.0. The monoisotopic (exact) mass is 632 g/mol. The third-order valence-electron chi connectivity index (χ3n) is 9.51. The number of hydrogen-bond donors (Lipinski definition) is 1. The number of hydrogen-bond acceptors (Lipinski definition) is 7. The van der Waals surface area contributed by atoms with Gasteiger partial charge in [-0.2, -0.15) is 0 Å². The Morgan fingerprint density at radius 2 is 1.80 bits per heavy atom. The van der Waals surface area contributed by atoms with Crippen LogP contribution in [0.5, 0.6) is 0 Å². The molecule has 2 saturated heterocycles. The lowest BCUT2D eigenvalue weighted by atomic mass is 10.0. The minimum atomic E-state index is -0.453. The molecule has 1 aliphatic carbocycles. The number of nitrogens with zero attached hydrogens (tertiary/aromatic N) is 6. The van der Waals surface area contributed by atoms with Crippen LogP contribution in [-0.2, 0) is 13.1 Å². The molecular formula is C35H42ClFN6O2. The van der Waals surface area contributed by atoms with E-state index in [2.05, 4.69) is 48.6 Å². The number of aliphatic hydroxyl groups excluding tert-OH is 1. The van der Waals surface area contributed by atoms with E-state index in [0.29, 0.717) is 55.3 Å². The van der Waals surface area contributed by atoms with Crippen molar-refractivity contribution in [3.63, 3.8) is 0 Å². The summed E-state index contributed by atoms with van der Waals surface area (Å²) in [6.45, 7) is 8.02. The number of piperidine rings is 1. The van der Waals surface area contributed by atoms with Crippen LogP contribution in [0.1, 0.15) is 60.7 Å². The molecule has 45 heavy (non-hydrogen) atoms. The molecule has 0 unspecified atom stereocenters. The van der Waals surface area contributed by atoms with Gasteiger partial charge in [0.15, 0.2) is 5.43 Å². The summed E-state index contributed by atoms with van der Waals surface area (Å²) >= 11 is 0. The molecule has 8 nitrogen and oxygen atoms in total. The Morgan fingerprint density at radius 3 is 2.51 bits per heavy atom. The second-order valence-electron chi connectivity index (χ2n) is 12.9. The highest BCUT2D eigenvalue weighted by atomic mass is 35.5. The van der Waals surface area contributed by atoms with Gasteiger partial charge >= 0.3 is 0 Å². The smallest absolute Gasteiger partial charge is 0.193 e. The highest BCUT2D eigenvalue weighted by Gasteiger charge is 2.31. The van der Waals surface area contributed by atoms with Crippen LogP contribution in [-0.4, -0.2) is 62.9 Å². The first kappa shape index (κ1) is 31.5. The summed E-state index contributed by atoms with van der Waals surface area (Å²) in [5, 5.41) is 10.5. The zero-order chi connectivity index (χ0) is 30.4. The average Bonchev–Trinajstić information content (AvgIpc) is 3.78. The molecule has 0 radical (unpaired) electrons. The number of anilines is 2. The first-order valence-corrected chi connectivity index (χ1v) is 16.0. The predicted octanol–water partition coefficient (Wildman–Crippen LogP) is 5.55. The van der Waals surface area contributed by atoms with E-state index in [4.69, 9.17) is 0 Å². The molecule has 2 atom stereocenters. The fraction of sp³-hybridized carbons (Fsp3) is 0.457. The molecule has 238 valence electrons. The van der Waals surface area contributed by atoms with E-state index in [1.165, 1.54) is 11.6 Å². The summed E-state index contributed by atoms with van der Waals surface area (Å²) in [4.78, 5) is 29.8. The molecule has 3 aliphatic rings. The van der Waals surface area contributed by atoms with Crippen molar-refractivity contribution in [3.05, 3.63) is 93.5 Å². The molecule has 1 aromatic carbocycles. The lowest BCUT2D eigenvalue weighted by Gasteiger charge is -2.40. The predicted molar refractivity (Wildman–Crippen MR) is 179 cm³/mol. The molecule has 10 heteroatoms. The molecule has 1 N–H and O–H groups in total. The number of aliphatic hydroxyl groups is 1. The lowest BCUT2D eigenvalue weighted by Crippen LogP contribution is -2.48. The van der Waals surface area contributed by atoms with Crippen molar-refractivity contribution < 1.29 is 9.50 Å². The van der Waals surface area contributed by atoms with Crippen LogP contribution in [0.15, 0.2) is 59.8 Å². The molecule has 0 amide bonds. The average molecular weight is 633 g/mol. The van der Waals surface area contributed by atoms with Gasteiger partial charge in [-0.3, -0.25) is 19.7 Å². The Labute approximate surface area is 269 Å². The Hall–Kier alpha value is -3.53. The van der Waals surface area contributed by atoms with E-state index in [0.717, 1.165) is 61.4 Å². The summed E-state index contributed by atoms with van der Waals surface area (Å²) in [5.41, 5.74) is 6.11. The van der Waals surface area contributed by atoms with Crippen molar-refractivity contribution in [2.45, 2.75) is 77.2 Å². The molecular weight excluding hydrogens is 591 g/mol. The molecule has 0 bridgehead atoms. The van der Waals surface area contributed by atoms with Gasteiger partial charge in [0.1, 0.15) is 5.82 Å². The van der Waals surface area contributed by atoms with Crippen LogP contribution in [0.3, 0.4) is 0 Å². The van der Waals surface area contributed by atoms with Gasteiger partial charge < -0.3 is 19.5 Å². The van der Waals surface area contributed by atoms with Crippen molar-refractivity contribution >= 4 is 34.7 Å². The van der Waals surface area contributed by atoms with Gasteiger partial charge in [-0.05, 0) is 87.9 Å². The maximum Gasteiger partial charge on any atom is 0.193 e. The summed E-state index contributed by atoms with van der Waals surface area (Å²) in [6.07, 6.45) is 10.2. The second-order valence-corrected chi connectivity index (χ2v) is 12.9. The van der Waals surface area contributed by atoms with Crippen molar-refractivity contribution in [1.82, 2.24) is 19.4 Å². The molecule has 7 rings (SSSR count). The van der Waals surface area contributed by atoms with Gasteiger partial charge in [0.25, 0.3) is 0 Å². The Balaban J connectivity index is 0.00000357. The third kappa shape index (κ3) is 6.71. The number of aromatic nitrogens is 3. The SMILES string of the molecule is Cc1ccc(N2CCC[C@H](N(Cc3ccnc(C)c3)Cc3cn(C4CC4)c4cc(N5CC[C@@H](O)C5)c(F)cc4c3=O)C2)cn1.Cl. The van der Waals surface area contributed by atoms with Crippen molar-refractivity contribution in [3.8, 4) is 0 Å². The quantitative estimate of drug-likeness (QED) is 0.273. The summed E-state index contributed by atoms with van der Waals surface area (Å²) in [6, 6.07) is 12.2. The van der Waals surface area contributed by atoms with Crippen molar-refractivity contribution in [1.29, 1.82) is 0 Å². The second kappa shape index (κ2) is 13.1. The zero-order valence-corrected chi connectivity index (χ0v) is 26.8. The van der Waals surface area contributed by atoms with Gasteiger partial charge in [0, 0.05) is 86.1 Å². The number of β-amino-alcohol motifs (C(OH)–C–C–N with tert-alkyl or cyclic N) is 1. The highest BCUT2D eigenvalue weighted by Crippen LogP contribution is 2.39. The van der Waals surface area contributed by atoms with E-state index in [-0.39, 0.29) is 23.9 Å². The maximum absolute atomic E-state index is 15.6. The normalized spacial score (nSPS) is 20.2. The van der Waals surface area contributed by atoms with Crippen LogP contribution in [0, 0.1) is 19.7 Å². The van der Waals surface area contributed by atoms with Crippen LogP contribution in [0.2, 0.25) is 0 Å². The molecule has 4 aromatic rings. The standard InChI is InChI=1S/C35H41FN6O2.ClH/c1-23-5-6-28(17-38-23)39-12-3-4-29(21-39)41(18-25-9-11-37-24(2)14-25)19-26-20-42(27-7-8-27)33-16-34(40-13-10-30(43)22-40)32(36)15-31(33)35(26)44;/h5-6,9,11,14-17,20,27,29-30,43H,3-4,7-8,10,12-13,18-19,21-22H2,1-2H3;1H/t29-,30+;/m0./s1.